The third-order valence-electron chi connectivity index (χ3n) is 10.4. The van der Waals surface area contributed by atoms with Gasteiger partial charge in [0.15, 0.2) is 5.78 Å². The lowest BCUT2D eigenvalue weighted by atomic mass is 9.74. The van der Waals surface area contributed by atoms with Crippen molar-refractivity contribution >= 4 is 28.6 Å². The van der Waals surface area contributed by atoms with E-state index in [-0.39, 0.29) is 54.3 Å². The van der Waals surface area contributed by atoms with E-state index in [1.165, 1.54) is 19.3 Å². The number of rotatable bonds is 9. The van der Waals surface area contributed by atoms with Crippen LogP contribution in [-0.4, -0.2) is 51.9 Å². The quantitative estimate of drug-likeness (QED) is 0.360. The van der Waals surface area contributed by atoms with Crippen LogP contribution in [0.1, 0.15) is 99.7 Å². The number of aromatic carboxylic acids is 1. The van der Waals surface area contributed by atoms with Crippen molar-refractivity contribution in [3.63, 3.8) is 0 Å². The predicted molar refractivity (Wildman–Crippen MR) is 154 cm³/mol. The monoisotopic (exact) mass is 552 g/mol. The molecule has 0 bridgehead atoms. The number of ketones is 1. The molecule has 218 valence electrons. The van der Waals surface area contributed by atoms with E-state index in [1.54, 1.807) is 0 Å². The van der Waals surface area contributed by atoms with Gasteiger partial charge in [0.1, 0.15) is 5.69 Å². The summed E-state index contributed by atoms with van der Waals surface area (Å²) in [6.07, 6.45) is 11.0. The van der Waals surface area contributed by atoms with Gasteiger partial charge in [0.05, 0.1) is 12.7 Å². The third kappa shape index (κ3) is 5.71. The van der Waals surface area contributed by atoms with Gasteiger partial charge in [-0.2, -0.15) is 0 Å². The number of halogens is 1. The standard InChI is InChI=1S/C33H45FN2O4/c1-3-25-27-17-21(9-14-28(27)35-30(25)33(39)40)18-29(37)31-26(23-7-5-4-6-8-23)15-16-36(31)32(38)24-12-10-22(11-13-24)20(2)19-34/h9,14,17,20,22-24,26,31,35H,3-8,10-13,15-16,18-19H2,1-2H3,(H,39,40)/t20-,22?,24?,26+,31+/m1/s1. The molecule has 0 radical (unpaired) electrons. The largest absolute Gasteiger partial charge is 0.477 e. The Labute approximate surface area is 237 Å². The average Bonchev–Trinajstić information content (AvgIpc) is 3.59. The number of aromatic amines is 1. The zero-order valence-corrected chi connectivity index (χ0v) is 24.1. The zero-order chi connectivity index (χ0) is 28.4. The van der Waals surface area contributed by atoms with E-state index in [4.69, 9.17) is 0 Å². The second-order valence-corrected chi connectivity index (χ2v) is 12.7. The number of Topliss-reactive ketones (excluding diaryl/α,β-unsaturated/α-hetero) is 1. The van der Waals surface area contributed by atoms with Crippen LogP contribution in [0.4, 0.5) is 4.39 Å². The van der Waals surface area contributed by atoms with Gasteiger partial charge >= 0.3 is 5.97 Å². The lowest BCUT2D eigenvalue weighted by molar-refractivity contribution is -0.143. The van der Waals surface area contributed by atoms with Crippen molar-refractivity contribution in [2.24, 2.45) is 29.6 Å². The van der Waals surface area contributed by atoms with Crippen LogP contribution in [-0.2, 0) is 22.4 Å². The number of aromatic nitrogens is 1. The first-order chi connectivity index (χ1) is 19.3. The lowest BCUT2D eigenvalue weighted by Gasteiger charge is -2.37. The summed E-state index contributed by atoms with van der Waals surface area (Å²) in [6.45, 7) is 4.25. The second-order valence-electron chi connectivity index (χ2n) is 12.7. The lowest BCUT2D eigenvalue weighted by Crippen LogP contribution is -2.48. The number of carboxylic acids is 1. The van der Waals surface area contributed by atoms with E-state index in [1.807, 2.05) is 36.9 Å². The maximum atomic E-state index is 14.1. The molecule has 1 aromatic heterocycles. The highest BCUT2D eigenvalue weighted by Crippen LogP contribution is 2.42. The molecule has 40 heavy (non-hydrogen) atoms. The molecule has 7 heteroatoms. The summed E-state index contributed by atoms with van der Waals surface area (Å²) >= 11 is 0. The van der Waals surface area contributed by atoms with Crippen LogP contribution < -0.4 is 0 Å². The number of alkyl halides is 1. The molecular formula is C33H45FN2O4. The molecule has 3 aliphatic rings. The highest BCUT2D eigenvalue weighted by molar-refractivity contribution is 5.98. The first kappa shape index (κ1) is 28.8. The first-order valence-electron chi connectivity index (χ1n) is 15.6. The second kappa shape index (κ2) is 12.4. The molecular weight excluding hydrogens is 507 g/mol. The Morgan fingerprint density at radius 3 is 2.42 bits per heavy atom. The van der Waals surface area contributed by atoms with E-state index in [0.717, 1.165) is 67.0 Å². The van der Waals surface area contributed by atoms with Crippen LogP contribution in [0.5, 0.6) is 0 Å². The van der Waals surface area contributed by atoms with E-state index in [0.29, 0.717) is 24.8 Å². The topological polar surface area (TPSA) is 90.5 Å². The number of likely N-dealkylation sites (tertiary alicyclic amines) is 1. The van der Waals surface area contributed by atoms with Gasteiger partial charge in [0, 0.05) is 29.8 Å². The number of H-pyrrole nitrogens is 1. The number of nitrogens with zero attached hydrogens (tertiary/aromatic N) is 1. The Morgan fingerprint density at radius 2 is 1.77 bits per heavy atom. The summed E-state index contributed by atoms with van der Waals surface area (Å²) in [5.74, 6) is 0.272. The number of carbonyl (C=O) groups is 3. The Hall–Kier alpha value is -2.70. The maximum Gasteiger partial charge on any atom is 0.352 e. The molecule has 0 spiro atoms. The van der Waals surface area contributed by atoms with Crippen molar-refractivity contribution in [3.8, 4) is 0 Å². The number of benzene rings is 1. The fraction of sp³-hybridized carbons (Fsp3) is 0.667. The van der Waals surface area contributed by atoms with Crippen LogP contribution in [0.25, 0.3) is 10.9 Å². The molecule has 2 heterocycles. The van der Waals surface area contributed by atoms with Gasteiger partial charge in [0.2, 0.25) is 5.91 Å². The van der Waals surface area contributed by atoms with Crippen molar-refractivity contribution in [3.05, 3.63) is 35.0 Å². The van der Waals surface area contributed by atoms with Crippen LogP contribution in [0.2, 0.25) is 0 Å². The molecule has 2 N–H and O–H groups in total. The molecule has 1 saturated heterocycles. The van der Waals surface area contributed by atoms with E-state index >= 15 is 0 Å². The van der Waals surface area contributed by atoms with Crippen molar-refractivity contribution in [1.29, 1.82) is 0 Å². The number of fused-ring (bicyclic) bond motifs is 1. The van der Waals surface area contributed by atoms with E-state index in [2.05, 4.69) is 4.98 Å². The van der Waals surface area contributed by atoms with Crippen molar-refractivity contribution in [1.82, 2.24) is 9.88 Å². The first-order valence-corrected chi connectivity index (χ1v) is 15.6. The predicted octanol–water partition coefficient (Wildman–Crippen LogP) is 6.75. The van der Waals surface area contributed by atoms with Gasteiger partial charge in [-0.15, -0.1) is 0 Å². The van der Waals surface area contributed by atoms with Crippen molar-refractivity contribution in [2.45, 2.75) is 96.9 Å². The highest BCUT2D eigenvalue weighted by Gasteiger charge is 2.46. The minimum Gasteiger partial charge on any atom is -0.477 e. The highest BCUT2D eigenvalue weighted by atomic mass is 19.1. The molecule has 2 aromatic rings. The molecule has 2 aliphatic carbocycles. The number of nitrogens with one attached hydrogen (secondary N) is 1. The summed E-state index contributed by atoms with van der Waals surface area (Å²) in [7, 11) is 0. The van der Waals surface area contributed by atoms with Gasteiger partial charge in [-0.3, -0.25) is 14.0 Å². The summed E-state index contributed by atoms with van der Waals surface area (Å²) in [4.78, 5) is 44.7. The van der Waals surface area contributed by atoms with Crippen LogP contribution in [0.15, 0.2) is 18.2 Å². The molecule has 6 nitrogen and oxygen atoms in total. The number of carboxylic acid groups (broad SMARTS) is 1. The Kier molecular flexibility index (Phi) is 8.96. The maximum absolute atomic E-state index is 14.1. The third-order valence-corrected chi connectivity index (χ3v) is 10.4. The number of aryl methyl sites for hydroxylation is 1. The van der Waals surface area contributed by atoms with Gasteiger partial charge in [0.25, 0.3) is 0 Å². The normalized spacial score (nSPS) is 26.7. The average molecular weight is 553 g/mol. The fourth-order valence-electron chi connectivity index (χ4n) is 8.09. The summed E-state index contributed by atoms with van der Waals surface area (Å²) in [5, 5.41) is 10.5. The minimum absolute atomic E-state index is 0.0463. The van der Waals surface area contributed by atoms with Crippen molar-refractivity contribution in [2.75, 3.05) is 13.2 Å². The van der Waals surface area contributed by atoms with E-state index < -0.39 is 5.97 Å². The van der Waals surface area contributed by atoms with Crippen LogP contribution in [0, 0.1) is 29.6 Å². The molecule has 3 atom stereocenters. The molecule has 5 rings (SSSR count). The number of hydrogen-bond donors (Lipinski definition) is 2. The molecule has 3 fully saturated rings. The number of carbonyl (C=O) groups excluding carboxylic acids is 2. The van der Waals surface area contributed by atoms with Gasteiger partial charge in [-0.1, -0.05) is 52.0 Å². The van der Waals surface area contributed by atoms with Crippen molar-refractivity contribution < 1.29 is 23.9 Å². The molecule has 2 saturated carbocycles. The van der Waals surface area contributed by atoms with Gasteiger partial charge in [-0.05, 0) is 85.5 Å². The van der Waals surface area contributed by atoms with Crippen LogP contribution in [0.3, 0.4) is 0 Å². The van der Waals surface area contributed by atoms with Gasteiger partial charge < -0.3 is 15.0 Å². The molecule has 0 unspecified atom stereocenters. The Balaban J connectivity index is 1.37. The zero-order valence-electron chi connectivity index (χ0n) is 24.1. The fourth-order valence-corrected chi connectivity index (χ4v) is 8.09. The SMILES string of the molecule is CCc1c(C(=O)O)[nH]c2ccc(CC(=O)[C@@H]3[C@H](C4CCCCC4)CCN3C(=O)C3CCC([C@H](C)CF)CC3)cc12. The summed E-state index contributed by atoms with van der Waals surface area (Å²) in [5.41, 5.74) is 2.60. The molecule has 1 aliphatic heterocycles. The number of amides is 1. The van der Waals surface area contributed by atoms with Gasteiger partial charge in [-0.25, -0.2) is 4.79 Å². The minimum atomic E-state index is -0.978. The van der Waals surface area contributed by atoms with Crippen LogP contribution >= 0.6 is 0 Å². The molecule has 1 amide bonds. The van der Waals surface area contributed by atoms with E-state index in [9.17, 15) is 23.9 Å². The Bertz CT molecular complexity index is 1220. The number of hydrogen-bond acceptors (Lipinski definition) is 3. The molecule has 1 aromatic carbocycles. The Morgan fingerprint density at radius 1 is 1.05 bits per heavy atom. The smallest absolute Gasteiger partial charge is 0.352 e. The summed E-state index contributed by atoms with van der Waals surface area (Å²) in [6, 6.07) is 5.35. The summed E-state index contributed by atoms with van der Waals surface area (Å²) < 4.78 is 13.2.